The van der Waals surface area contributed by atoms with E-state index in [1.54, 1.807) is 24.3 Å². The second-order valence-electron chi connectivity index (χ2n) is 12.4. The zero-order valence-electron chi connectivity index (χ0n) is 27.0. The molecule has 0 saturated carbocycles. The van der Waals surface area contributed by atoms with Gasteiger partial charge in [0, 0.05) is 81.9 Å². The Morgan fingerprint density at radius 3 is 2.12 bits per heavy atom. The number of amides is 1. The van der Waals surface area contributed by atoms with Crippen LogP contribution in [0.5, 0.6) is 0 Å². The number of nitrogens with zero attached hydrogens (tertiary/aromatic N) is 3. The van der Waals surface area contributed by atoms with E-state index in [0.29, 0.717) is 38.6 Å². The number of rotatable bonds is 15. The van der Waals surface area contributed by atoms with Gasteiger partial charge in [-0.2, -0.15) is 0 Å². The number of aliphatic carboxylic acids is 1. The third-order valence-electron chi connectivity index (χ3n) is 8.91. The minimum Gasteiger partial charge on any atom is -0.481 e. The molecule has 3 aromatic carbocycles. The van der Waals surface area contributed by atoms with Crippen molar-refractivity contribution in [3.05, 3.63) is 105 Å². The fraction of sp³-hybridized carbons (Fsp3) is 0.444. The maximum absolute atomic E-state index is 12.3. The molecule has 3 unspecified atom stereocenters. The lowest BCUT2D eigenvalue weighted by Gasteiger charge is -2.41. The van der Waals surface area contributed by atoms with E-state index in [9.17, 15) is 24.8 Å². The number of anilines is 1. The summed E-state index contributed by atoms with van der Waals surface area (Å²) in [6.07, 6.45) is 2.25. The maximum Gasteiger partial charge on any atom is 0.303 e. The van der Waals surface area contributed by atoms with Crippen LogP contribution in [-0.2, 0) is 32.2 Å². The number of nitro groups is 1. The van der Waals surface area contributed by atoms with Crippen LogP contribution >= 0.6 is 0 Å². The average molecular weight is 661 g/mol. The van der Waals surface area contributed by atoms with Crippen molar-refractivity contribution in [2.24, 2.45) is 0 Å². The summed E-state index contributed by atoms with van der Waals surface area (Å²) in [6, 6.07) is 22.4. The molecule has 3 atom stereocenters. The Kier molecular flexibility index (Phi) is 12.5. The van der Waals surface area contributed by atoms with Crippen molar-refractivity contribution in [3.8, 4) is 0 Å². The molecular formula is C36H44N4O8. The number of carbonyl (C=O) groups is 2. The highest BCUT2D eigenvalue weighted by molar-refractivity contribution is 5.75. The highest BCUT2D eigenvalue weighted by Crippen LogP contribution is 2.38. The van der Waals surface area contributed by atoms with E-state index in [-0.39, 0.29) is 41.8 Å². The van der Waals surface area contributed by atoms with Crippen LogP contribution in [0.3, 0.4) is 0 Å². The van der Waals surface area contributed by atoms with Gasteiger partial charge < -0.3 is 29.9 Å². The second kappa shape index (κ2) is 17.2. The number of non-ortho nitro benzene ring substituents is 1. The van der Waals surface area contributed by atoms with Gasteiger partial charge in [0.05, 0.1) is 23.7 Å². The summed E-state index contributed by atoms with van der Waals surface area (Å²) in [6.45, 7) is 4.39. The summed E-state index contributed by atoms with van der Waals surface area (Å²) in [5, 5.41) is 32.2. The topological polar surface area (TPSA) is 155 Å². The first-order valence-corrected chi connectivity index (χ1v) is 16.6. The number of unbranched alkanes of at least 4 members (excludes halogenated alkanes) is 2. The standard InChI is InChI=1S/C36H44N4O8/c41-25-27-8-10-28(11-9-27)33-22-32(24-38-18-20-39(21-19-38)30-14-16-31(17-15-30)40(45)46)47-36(48-33)29-12-6-26(7-13-29)23-37-34(42)4-2-1-3-5-35(43)44/h6-17,32-33,36,41H,1-5,18-25H2,(H,37,42)(H,43,44). The Bertz CT molecular complexity index is 1490. The average Bonchev–Trinajstić information content (AvgIpc) is 3.11. The summed E-state index contributed by atoms with van der Waals surface area (Å²) < 4.78 is 13.1. The third kappa shape index (κ3) is 10.1. The van der Waals surface area contributed by atoms with Crippen molar-refractivity contribution in [1.29, 1.82) is 0 Å². The maximum atomic E-state index is 12.3. The first kappa shape index (κ1) is 35.0. The lowest BCUT2D eigenvalue weighted by molar-refractivity contribution is -0.384. The van der Waals surface area contributed by atoms with E-state index >= 15 is 0 Å². The molecule has 3 N–H and O–H groups in total. The van der Waals surface area contributed by atoms with E-state index < -0.39 is 12.3 Å². The Morgan fingerprint density at radius 1 is 0.833 bits per heavy atom. The highest BCUT2D eigenvalue weighted by atomic mass is 16.7. The van der Waals surface area contributed by atoms with Crippen molar-refractivity contribution in [1.82, 2.24) is 10.2 Å². The number of carbonyl (C=O) groups excluding carboxylic acids is 1. The summed E-state index contributed by atoms with van der Waals surface area (Å²) in [5.41, 5.74) is 4.76. The second-order valence-corrected chi connectivity index (χ2v) is 12.4. The molecule has 256 valence electrons. The fourth-order valence-electron chi connectivity index (χ4n) is 6.12. The number of piperazine rings is 1. The number of benzene rings is 3. The van der Waals surface area contributed by atoms with Gasteiger partial charge in [0.15, 0.2) is 6.29 Å². The van der Waals surface area contributed by atoms with E-state index in [1.165, 1.54) is 0 Å². The van der Waals surface area contributed by atoms with Gasteiger partial charge in [0.25, 0.3) is 5.69 Å². The van der Waals surface area contributed by atoms with Gasteiger partial charge in [-0.3, -0.25) is 24.6 Å². The van der Waals surface area contributed by atoms with Gasteiger partial charge in [0.1, 0.15) is 0 Å². The molecule has 2 saturated heterocycles. The first-order chi connectivity index (χ1) is 23.3. The number of aliphatic hydroxyl groups is 1. The highest BCUT2D eigenvalue weighted by Gasteiger charge is 2.34. The molecule has 0 spiro atoms. The molecule has 5 rings (SSSR count). The number of nitro benzene ring substituents is 1. The molecule has 0 aliphatic carbocycles. The van der Waals surface area contributed by atoms with Crippen molar-refractivity contribution < 1.29 is 34.2 Å². The van der Waals surface area contributed by atoms with Crippen LogP contribution in [0.4, 0.5) is 11.4 Å². The number of carboxylic acid groups (broad SMARTS) is 1. The minimum absolute atomic E-state index is 0.0222. The Balaban J connectivity index is 1.17. The van der Waals surface area contributed by atoms with Crippen LogP contribution in [0.25, 0.3) is 0 Å². The predicted molar refractivity (Wildman–Crippen MR) is 179 cm³/mol. The van der Waals surface area contributed by atoms with Crippen molar-refractivity contribution in [3.63, 3.8) is 0 Å². The summed E-state index contributed by atoms with van der Waals surface area (Å²) in [5.74, 6) is -0.869. The fourth-order valence-corrected chi connectivity index (χ4v) is 6.12. The molecule has 1 amide bonds. The van der Waals surface area contributed by atoms with Crippen LogP contribution in [0, 0.1) is 10.1 Å². The molecule has 12 nitrogen and oxygen atoms in total. The van der Waals surface area contributed by atoms with Gasteiger partial charge in [-0.15, -0.1) is 0 Å². The molecule has 0 radical (unpaired) electrons. The summed E-state index contributed by atoms with van der Waals surface area (Å²) in [7, 11) is 0. The number of hydrogen-bond donors (Lipinski definition) is 3. The number of nitrogens with one attached hydrogen (secondary N) is 1. The Morgan fingerprint density at radius 2 is 1.48 bits per heavy atom. The van der Waals surface area contributed by atoms with Gasteiger partial charge in [-0.05, 0) is 41.7 Å². The number of hydrogen-bond acceptors (Lipinski definition) is 9. The van der Waals surface area contributed by atoms with Crippen LogP contribution < -0.4 is 10.2 Å². The monoisotopic (exact) mass is 660 g/mol. The molecule has 0 bridgehead atoms. The molecule has 3 aromatic rings. The van der Waals surface area contributed by atoms with E-state index in [4.69, 9.17) is 14.6 Å². The quantitative estimate of drug-likeness (QED) is 0.114. The molecular weight excluding hydrogens is 616 g/mol. The van der Waals surface area contributed by atoms with Crippen LogP contribution in [0.1, 0.15) is 73.2 Å². The first-order valence-electron chi connectivity index (χ1n) is 16.6. The van der Waals surface area contributed by atoms with Crippen LogP contribution in [-0.4, -0.2) is 70.7 Å². The molecule has 48 heavy (non-hydrogen) atoms. The molecule has 2 fully saturated rings. The molecule has 12 heteroatoms. The zero-order chi connectivity index (χ0) is 33.9. The SMILES string of the molecule is O=C(O)CCCCCC(=O)NCc1ccc(C2OC(CN3CCN(c4ccc([N+](=O)[O-])cc4)CC3)CC(c3ccc(CO)cc3)O2)cc1. The third-order valence-corrected chi connectivity index (χ3v) is 8.91. The smallest absolute Gasteiger partial charge is 0.303 e. The van der Waals surface area contributed by atoms with Gasteiger partial charge in [-0.1, -0.05) is 55.0 Å². The number of ether oxygens (including phenoxy) is 2. The Labute approximate surface area is 280 Å². The van der Waals surface area contributed by atoms with Gasteiger partial charge >= 0.3 is 5.97 Å². The number of aliphatic hydroxyl groups excluding tert-OH is 1. The van der Waals surface area contributed by atoms with Gasteiger partial charge in [0.2, 0.25) is 5.91 Å². The largest absolute Gasteiger partial charge is 0.481 e. The van der Waals surface area contributed by atoms with Crippen molar-refractivity contribution in [2.45, 2.75) is 70.2 Å². The lowest BCUT2D eigenvalue weighted by Crippen LogP contribution is -2.49. The van der Waals surface area contributed by atoms with E-state index in [1.807, 2.05) is 48.5 Å². The summed E-state index contributed by atoms with van der Waals surface area (Å²) in [4.78, 5) is 38.2. The lowest BCUT2D eigenvalue weighted by atomic mass is 9.99. The van der Waals surface area contributed by atoms with E-state index in [0.717, 1.165) is 60.7 Å². The Hall–Kier alpha value is -4.36. The summed E-state index contributed by atoms with van der Waals surface area (Å²) >= 11 is 0. The van der Waals surface area contributed by atoms with Crippen LogP contribution in [0.15, 0.2) is 72.8 Å². The van der Waals surface area contributed by atoms with E-state index in [2.05, 4.69) is 15.1 Å². The zero-order valence-corrected chi connectivity index (χ0v) is 27.0. The van der Waals surface area contributed by atoms with Crippen molar-refractivity contribution >= 4 is 23.3 Å². The predicted octanol–water partition coefficient (Wildman–Crippen LogP) is 5.11. The molecule has 0 aromatic heterocycles. The minimum atomic E-state index is -0.813. The van der Waals surface area contributed by atoms with Crippen LogP contribution in [0.2, 0.25) is 0 Å². The van der Waals surface area contributed by atoms with Crippen molar-refractivity contribution in [2.75, 3.05) is 37.6 Å². The molecule has 2 heterocycles. The molecule has 2 aliphatic heterocycles. The normalized spacial score (nSPS) is 19.9. The van der Waals surface area contributed by atoms with Gasteiger partial charge in [-0.25, -0.2) is 0 Å². The molecule has 2 aliphatic rings. The number of carboxylic acids is 1.